The standard InChI is InChI=1S/C22H17FN4S/c23-15-7-8-20-17(12-15)19(9-11-28-20)26-22-16-5-1-2-6-18(16)25-21(27-22)14-4-3-10-24-13-14/h1-8,10,12-13,19H,9,11H2,(H,25,26,27)/t19-/m0/s1. The second-order valence-corrected chi connectivity index (χ2v) is 7.81. The summed E-state index contributed by atoms with van der Waals surface area (Å²) in [6, 6.07) is 16.8. The Hall–Kier alpha value is -2.99. The maximum absolute atomic E-state index is 13.9. The van der Waals surface area contributed by atoms with E-state index in [4.69, 9.17) is 9.97 Å². The van der Waals surface area contributed by atoms with Gasteiger partial charge in [0.05, 0.1) is 11.6 Å². The molecule has 138 valence electrons. The first-order valence-electron chi connectivity index (χ1n) is 9.14. The highest BCUT2D eigenvalue weighted by Crippen LogP contribution is 2.39. The third-order valence-electron chi connectivity index (χ3n) is 4.85. The second-order valence-electron chi connectivity index (χ2n) is 6.67. The summed E-state index contributed by atoms with van der Waals surface area (Å²) in [7, 11) is 0. The van der Waals surface area contributed by atoms with Gasteiger partial charge in [0.2, 0.25) is 0 Å². The molecule has 0 spiro atoms. The van der Waals surface area contributed by atoms with Crippen LogP contribution in [-0.2, 0) is 0 Å². The lowest BCUT2D eigenvalue weighted by Crippen LogP contribution is -2.17. The molecular weight excluding hydrogens is 371 g/mol. The molecular formula is C22H17FN4S. The van der Waals surface area contributed by atoms with Crippen molar-refractivity contribution in [2.75, 3.05) is 11.1 Å². The zero-order valence-corrected chi connectivity index (χ0v) is 15.8. The third-order valence-corrected chi connectivity index (χ3v) is 5.97. The third kappa shape index (κ3) is 3.20. The Balaban J connectivity index is 1.61. The van der Waals surface area contributed by atoms with Crippen LogP contribution in [0, 0.1) is 5.82 Å². The van der Waals surface area contributed by atoms with Crippen LogP contribution in [0.3, 0.4) is 0 Å². The van der Waals surface area contributed by atoms with Crippen LogP contribution in [0.15, 0.2) is 71.9 Å². The SMILES string of the molecule is Fc1ccc2c(c1)[C@@H](Nc1nc(-c3cccnc3)nc3ccccc13)CCS2. The molecule has 1 N–H and O–H groups in total. The lowest BCUT2D eigenvalue weighted by Gasteiger charge is -2.27. The van der Waals surface area contributed by atoms with Gasteiger partial charge in [0, 0.05) is 34.0 Å². The molecule has 4 aromatic rings. The van der Waals surface area contributed by atoms with E-state index >= 15 is 0 Å². The van der Waals surface area contributed by atoms with Gasteiger partial charge in [-0.2, -0.15) is 0 Å². The number of fused-ring (bicyclic) bond motifs is 2. The predicted octanol–water partition coefficient (Wildman–Crippen LogP) is 5.48. The van der Waals surface area contributed by atoms with Crippen LogP contribution in [0.1, 0.15) is 18.0 Å². The maximum atomic E-state index is 13.9. The molecule has 1 aliphatic rings. The largest absolute Gasteiger partial charge is 0.363 e. The van der Waals surface area contributed by atoms with Crippen LogP contribution < -0.4 is 5.32 Å². The fourth-order valence-corrected chi connectivity index (χ4v) is 4.60. The lowest BCUT2D eigenvalue weighted by molar-refractivity contribution is 0.616. The van der Waals surface area contributed by atoms with Gasteiger partial charge in [0.15, 0.2) is 5.82 Å². The number of pyridine rings is 1. The van der Waals surface area contributed by atoms with Crippen LogP contribution >= 0.6 is 11.8 Å². The number of halogens is 1. The first kappa shape index (κ1) is 17.1. The van der Waals surface area contributed by atoms with Crippen LogP contribution in [0.5, 0.6) is 0 Å². The molecule has 0 saturated carbocycles. The highest BCUT2D eigenvalue weighted by Gasteiger charge is 2.23. The topological polar surface area (TPSA) is 50.7 Å². The van der Waals surface area contributed by atoms with Crippen molar-refractivity contribution >= 4 is 28.5 Å². The van der Waals surface area contributed by atoms with Gasteiger partial charge in [-0.3, -0.25) is 4.98 Å². The lowest BCUT2D eigenvalue weighted by atomic mass is 10.0. The molecule has 0 bridgehead atoms. The number of hydrogen-bond acceptors (Lipinski definition) is 5. The van der Waals surface area contributed by atoms with E-state index in [2.05, 4.69) is 10.3 Å². The van der Waals surface area contributed by atoms with Gasteiger partial charge in [-0.25, -0.2) is 14.4 Å². The molecule has 0 fully saturated rings. The molecule has 6 heteroatoms. The van der Waals surface area contributed by atoms with Gasteiger partial charge >= 0.3 is 0 Å². The summed E-state index contributed by atoms with van der Waals surface area (Å²) in [4.78, 5) is 14.8. The van der Waals surface area contributed by atoms with E-state index in [1.54, 1.807) is 30.2 Å². The van der Waals surface area contributed by atoms with Crippen LogP contribution in [0.25, 0.3) is 22.3 Å². The minimum atomic E-state index is -0.211. The molecule has 0 unspecified atom stereocenters. The van der Waals surface area contributed by atoms with E-state index in [0.717, 1.165) is 44.9 Å². The van der Waals surface area contributed by atoms with Crippen LogP contribution in [0.2, 0.25) is 0 Å². The average Bonchev–Trinajstić information content (AvgIpc) is 2.75. The Labute approximate surface area is 166 Å². The number of benzene rings is 2. The number of thioether (sulfide) groups is 1. The molecule has 0 amide bonds. The van der Waals surface area contributed by atoms with Crippen LogP contribution in [-0.4, -0.2) is 20.7 Å². The highest BCUT2D eigenvalue weighted by molar-refractivity contribution is 7.99. The summed E-state index contributed by atoms with van der Waals surface area (Å²) in [5.41, 5.74) is 2.72. The Morgan fingerprint density at radius 3 is 2.86 bits per heavy atom. The van der Waals surface area contributed by atoms with Crippen molar-refractivity contribution in [2.24, 2.45) is 0 Å². The maximum Gasteiger partial charge on any atom is 0.163 e. The number of nitrogens with zero attached hydrogens (tertiary/aromatic N) is 3. The molecule has 0 aliphatic carbocycles. The summed E-state index contributed by atoms with van der Waals surface area (Å²) >= 11 is 1.77. The van der Waals surface area contributed by atoms with Gasteiger partial charge < -0.3 is 5.32 Å². The van der Waals surface area contributed by atoms with E-state index < -0.39 is 0 Å². The van der Waals surface area contributed by atoms with Crippen molar-refractivity contribution in [3.63, 3.8) is 0 Å². The molecule has 0 saturated heterocycles. The fourth-order valence-electron chi connectivity index (χ4n) is 3.49. The number of aromatic nitrogens is 3. The van der Waals surface area contributed by atoms with E-state index in [0.29, 0.717) is 5.82 Å². The number of para-hydroxylation sites is 1. The normalized spacial score (nSPS) is 16.0. The Kier molecular flexibility index (Phi) is 4.41. The van der Waals surface area contributed by atoms with Gasteiger partial charge in [0.1, 0.15) is 11.6 Å². The molecule has 4 nitrogen and oxygen atoms in total. The molecule has 28 heavy (non-hydrogen) atoms. The molecule has 0 radical (unpaired) electrons. The van der Waals surface area contributed by atoms with E-state index in [1.165, 1.54) is 6.07 Å². The van der Waals surface area contributed by atoms with Crippen molar-refractivity contribution in [1.82, 2.24) is 15.0 Å². The number of rotatable bonds is 3. The van der Waals surface area contributed by atoms with Crippen molar-refractivity contribution < 1.29 is 4.39 Å². The summed E-state index contributed by atoms with van der Waals surface area (Å²) in [5, 5.41) is 4.52. The quantitative estimate of drug-likeness (QED) is 0.504. The molecule has 2 aromatic heterocycles. The van der Waals surface area contributed by atoms with Gasteiger partial charge in [-0.15, -0.1) is 11.8 Å². The second kappa shape index (κ2) is 7.20. The number of nitrogens with one attached hydrogen (secondary N) is 1. The zero-order valence-electron chi connectivity index (χ0n) is 15.0. The first-order valence-corrected chi connectivity index (χ1v) is 10.1. The van der Waals surface area contributed by atoms with Gasteiger partial charge in [-0.05, 0) is 54.4 Å². The minimum Gasteiger partial charge on any atom is -0.363 e. The van der Waals surface area contributed by atoms with Crippen molar-refractivity contribution in [1.29, 1.82) is 0 Å². The van der Waals surface area contributed by atoms with Gasteiger partial charge in [-0.1, -0.05) is 12.1 Å². The smallest absolute Gasteiger partial charge is 0.163 e. The fraction of sp³-hybridized carbons (Fsp3) is 0.136. The highest BCUT2D eigenvalue weighted by atomic mass is 32.2. The molecule has 5 rings (SSSR count). The van der Waals surface area contributed by atoms with Crippen molar-refractivity contribution in [3.05, 3.63) is 78.4 Å². The molecule has 1 atom stereocenters. The summed E-state index contributed by atoms with van der Waals surface area (Å²) in [6.45, 7) is 0. The predicted molar refractivity (Wildman–Crippen MR) is 111 cm³/mol. The van der Waals surface area contributed by atoms with Crippen molar-refractivity contribution in [3.8, 4) is 11.4 Å². The summed E-state index contributed by atoms with van der Waals surface area (Å²) < 4.78 is 13.9. The molecule has 3 heterocycles. The summed E-state index contributed by atoms with van der Waals surface area (Å²) in [6.07, 6.45) is 4.40. The minimum absolute atomic E-state index is 0.00649. The van der Waals surface area contributed by atoms with Crippen LogP contribution in [0.4, 0.5) is 10.2 Å². The van der Waals surface area contributed by atoms with E-state index in [9.17, 15) is 4.39 Å². The monoisotopic (exact) mass is 388 g/mol. The Bertz CT molecular complexity index is 1150. The Morgan fingerprint density at radius 1 is 1.04 bits per heavy atom. The number of anilines is 1. The summed E-state index contributed by atoms with van der Waals surface area (Å²) in [5.74, 6) is 2.15. The van der Waals surface area contributed by atoms with E-state index in [-0.39, 0.29) is 11.9 Å². The van der Waals surface area contributed by atoms with Gasteiger partial charge in [0.25, 0.3) is 0 Å². The first-order chi connectivity index (χ1) is 13.8. The Morgan fingerprint density at radius 2 is 1.96 bits per heavy atom. The molecule has 2 aromatic carbocycles. The number of hydrogen-bond donors (Lipinski definition) is 1. The zero-order chi connectivity index (χ0) is 18.9. The average molecular weight is 388 g/mol. The molecule has 1 aliphatic heterocycles. The van der Waals surface area contributed by atoms with E-state index in [1.807, 2.05) is 42.5 Å². The van der Waals surface area contributed by atoms with Crippen molar-refractivity contribution in [2.45, 2.75) is 17.4 Å².